The number of unbranched alkanes of at least 4 members (excludes halogenated alkanes) is 12. The maximum Gasteiger partial charge on any atom is 0.159 e. The molecule has 0 heterocycles. The average Bonchev–Trinajstić information content (AvgIpc) is 2.80. The number of Topliss-reactive ketones (excluding diaryl/α,β-unsaturated/α-hetero) is 1. The maximum atomic E-state index is 11.8. The van der Waals surface area contributed by atoms with Crippen LogP contribution in [0.2, 0.25) is 0 Å². The molecular formula is C28H52O4. The predicted molar refractivity (Wildman–Crippen MR) is 136 cm³/mol. The summed E-state index contributed by atoms with van der Waals surface area (Å²) in [6.45, 7) is 6.55. The molecule has 0 bridgehead atoms. The molecule has 1 aliphatic carbocycles. The van der Waals surface area contributed by atoms with E-state index in [0.717, 1.165) is 36.8 Å². The second-order valence-electron chi connectivity index (χ2n) is 9.12. The number of hydrogen-bond acceptors (Lipinski definition) is 4. The Bertz CT molecular complexity index is 500. The van der Waals surface area contributed by atoms with Crippen molar-refractivity contribution in [3.8, 4) is 0 Å². The molecule has 2 atom stereocenters. The van der Waals surface area contributed by atoms with Crippen molar-refractivity contribution in [3.05, 3.63) is 23.3 Å². The molecular weight excluding hydrogens is 400 g/mol. The van der Waals surface area contributed by atoms with Gasteiger partial charge in [0.05, 0.1) is 12.7 Å². The van der Waals surface area contributed by atoms with Crippen molar-refractivity contribution in [1.82, 2.24) is 0 Å². The summed E-state index contributed by atoms with van der Waals surface area (Å²) < 4.78 is 5.44. The number of methoxy groups -OCH3 is 1. The highest BCUT2D eigenvalue weighted by atomic mass is 16.5. The zero-order valence-electron chi connectivity index (χ0n) is 21.5. The van der Waals surface area contributed by atoms with Crippen LogP contribution in [0.15, 0.2) is 23.3 Å². The number of rotatable bonds is 17. The predicted octanol–water partition coefficient (Wildman–Crippen LogP) is 6.94. The molecule has 1 rings (SSSR count). The van der Waals surface area contributed by atoms with Gasteiger partial charge in [-0.15, -0.1) is 0 Å². The van der Waals surface area contributed by atoms with Crippen LogP contribution in [0, 0.1) is 5.92 Å². The summed E-state index contributed by atoms with van der Waals surface area (Å²) in [6.07, 6.45) is 22.2. The van der Waals surface area contributed by atoms with E-state index < -0.39 is 0 Å². The molecule has 2 unspecified atom stereocenters. The van der Waals surface area contributed by atoms with Gasteiger partial charge in [-0.3, -0.25) is 4.79 Å². The van der Waals surface area contributed by atoms with Crippen LogP contribution in [-0.2, 0) is 9.53 Å². The number of allylic oxidation sites excluding steroid dienone is 2. The number of ether oxygens (including phenoxy) is 1. The van der Waals surface area contributed by atoms with Crippen LogP contribution in [0.4, 0.5) is 0 Å². The van der Waals surface area contributed by atoms with Gasteiger partial charge in [0.25, 0.3) is 0 Å². The van der Waals surface area contributed by atoms with Gasteiger partial charge in [-0.25, -0.2) is 0 Å². The summed E-state index contributed by atoms with van der Waals surface area (Å²) in [5.74, 6) is 0.0713. The van der Waals surface area contributed by atoms with Crippen LogP contribution in [-0.4, -0.2) is 42.4 Å². The number of hydrogen-bond donors (Lipinski definition) is 2. The smallest absolute Gasteiger partial charge is 0.159 e. The minimum atomic E-state index is -0.136. The zero-order chi connectivity index (χ0) is 24.0. The van der Waals surface area contributed by atoms with Gasteiger partial charge in [0.1, 0.15) is 0 Å². The molecule has 32 heavy (non-hydrogen) atoms. The molecule has 0 aromatic carbocycles. The Morgan fingerprint density at radius 3 is 1.94 bits per heavy atom. The van der Waals surface area contributed by atoms with Crippen molar-refractivity contribution in [3.63, 3.8) is 0 Å². The first kappa shape index (κ1) is 31.0. The van der Waals surface area contributed by atoms with Crippen LogP contribution in [0.1, 0.15) is 117 Å². The molecule has 0 spiro atoms. The van der Waals surface area contributed by atoms with Gasteiger partial charge in [0.2, 0.25) is 0 Å². The van der Waals surface area contributed by atoms with Gasteiger partial charge in [-0.1, -0.05) is 90.6 Å². The van der Waals surface area contributed by atoms with Crippen LogP contribution in [0.25, 0.3) is 0 Å². The van der Waals surface area contributed by atoms with Crippen molar-refractivity contribution in [1.29, 1.82) is 0 Å². The Morgan fingerprint density at radius 1 is 0.938 bits per heavy atom. The lowest BCUT2D eigenvalue weighted by Gasteiger charge is -2.29. The summed E-state index contributed by atoms with van der Waals surface area (Å²) in [5, 5.41) is 18.3. The Kier molecular flexibility index (Phi) is 21.2. The molecule has 0 aromatic rings. The van der Waals surface area contributed by atoms with Gasteiger partial charge in [0, 0.05) is 26.1 Å². The summed E-state index contributed by atoms with van der Waals surface area (Å²) >= 11 is 0. The molecule has 0 saturated carbocycles. The third-order valence-electron chi connectivity index (χ3n) is 6.31. The zero-order valence-corrected chi connectivity index (χ0v) is 21.5. The first-order valence-electron chi connectivity index (χ1n) is 13.2. The van der Waals surface area contributed by atoms with Gasteiger partial charge < -0.3 is 14.9 Å². The van der Waals surface area contributed by atoms with Crippen LogP contribution >= 0.6 is 0 Å². The monoisotopic (exact) mass is 452 g/mol. The summed E-state index contributed by atoms with van der Waals surface area (Å²) in [7, 11) is 1.63. The fraction of sp³-hybridized carbons (Fsp3) is 0.821. The van der Waals surface area contributed by atoms with Gasteiger partial charge in [0.15, 0.2) is 5.78 Å². The van der Waals surface area contributed by atoms with Gasteiger partial charge in [-0.2, -0.15) is 0 Å². The molecule has 0 radical (unpaired) electrons. The molecule has 4 nitrogen and oxygen atoms in total. The van der Waals surface area contributed by atoms with Crippen LogP contribution in [0.3, 0.4) is 0 Å². The summed E-state index contributed by atoms with van der Waals surface area (Å²) in [5.41, 5.74) is 1.63. The molecule has 0 aliphatic heterocycles. The summed E-state index contributed by atoms with van der Waals surface area (Å²) in [6, 6.07) is 0. The van der Waals surface area contributed by atoms with Gasteiger partial charge >= 0.3 is 0 Å². The van der Waals surface area contributed by atoms with E-state index in [1.807, 2.05) is 19.1 Å². The van der Waals surface area contributed by atoms with Crippen LogP contribution < -0.4 is 0 Å². The summed E-state index contributed by atoms with van der Waals surface area (Å²) in [4.78, 5) is 11.8. The highest BCUT2D eigenvalue weighted by Crippen LogP contribution is 2.29. The Labute approximate surface area is 198 Å². The topological polar surface area (TPSA) is 66.8 Å². The first-order chi connectivity index (χ1) is 15.5. The molecule has 188 valence electrons. The standard InChI is InChI=1S/C16H26O4.C12H26/c1-12-9-16(20-2)14(10-15(12)19)13(11-18)7-5-3-4-6-8-17;1-3-5-7-9-11-12-10-8-6-4-2/h7,9,14,16-18H,3-6,8,10-11H2,1-2H3;3-12H2,1-2H3/b13-7-;. The number of carbonyl (C=O) groups excluding carboxylic acids is 1. The molecule has 0 amide bonds. The van der Waals surface area contributed by atoms with E-state index in [2.05, 4.69) is 13.8 Å². The van der Waals surface area contributed by atoms with Crippen molar-refractivity contribution in [2.24, 2.45) is 5.92 Å². The highest BCUT2D eigenvalue weighted by Gasteiger charge is 2.30. The first-order valence-corrected chi connectivity index (χ1v) is 13.2. The van der Waals surface area contributed by atoms with E-state index in [1.54, 1.807) is 7.11 Å². The third kappa shape index (κ3) is 15.0. The Morgan fingerprint density at radius 2 is 1.47 bits per heavy atom. The van der Waals surface area contributed by atoms with E-state index in [-0.39, 0.29) is 31.0 Å². The fourth-order valence-electron chi connectivity index (χ4n) is 4.12. The van der Waals surface area contributed by atoms with E-state index in [1.165, 1.54) is 64.2 Å². The Balaban J connectivity index is 0.000000687. The third-order valence-corrected chi connectivity index (χ3v) is 6.31. The highest BCUT2D eigenvalue weighted by molar-refractivity contribution is 5.96. The van der Waals surface area contributed by atoms with E-state index in [4.69, 9.17) is 9.84 Å². The second kappa shape index (κ2) is 21.9. The minimum absolute atomic E-state index is 0.0370. The normalized spacial score (nSPS) is 18.9. The lowest BCUT2D eigenvalue weighted by molar-refractivity contribution is -0.117. The van der Waals surface area contributed by atoms with Crippen molar-refractivity contribution in [2.75, 3.05) is 20.3 Å². The molecule has 2 N–H and O–H groups in total. The average molecular weight is 453 g/mol. The van der Waals surface area contributed by atoms with Crippen molar-refractivity contribution >= 4 is 5.78 Å². The van der Waals surface area contributed by atoms with E-state index in [9.17, 15) is 9.90 Å². The molecule has 4 heteroatoms. The lowest BCUT2D eigenvalue weighted by atomic mass is 9.81. The lowest BCUT2D eigenvalue weighted by Crippen LogP contribution is -2.31. The Hall–Kier alpha value is -0.970. The van der Waals surface area contributed by atoms with Gasteiger partial charge in [-0.05, 0) is 43.4 Å². The molecule has 1 aliphatic rings. The maximum absolute atomic E-state index is 11.8. The fourth-order valence-corrected chi connectivity index (χ4v) is 4.12. The van der Waals surface area contributed by atoms with Crippen molar-refractivity contribution < 1.29 is 19.7 Å². The molecule has 0 fully saturated rings. The second-order valence-corrected chi connectivity index (χ2v) is 9.12. The quantitative estimate of drug-likeness (QED) is 0.185. The van der Waals surface area contributed by atoms with Crippen LogP contribution in [0.5, 0.6) is 0 Å². The number of carbonyl (C=O) groups is 1. The number of ketones is 1. The molecule has 0 saturated heterocycles. The number of aliphatic hydroxyl groups excluding tert-OH is 2. The SMILES string of the molecule is CCCCCCCCCCCC.COC1C=C(C)C(=O)CC1/C(=C\CCCCCO)CO. The van der Waals surface area contributed by atoms with E-state index in [0.29, 0.717) is 6.42 Å². The number of aliphatic hydroxyl groups is 2. The van der Waals surface area contributed by atoms with E-state index >= 15 is 0 Å². The minimum Gasteiger partial charge on any atom is -0.396 e. The molecule has 0 aromatic heterocycles. The van der Waals surface area contributed by atoms with Crippen molar-refractivity contribution in [2.45, 2.75) is 123 Å². The largest absolute Gasteiger partial charge is 0.396 e.